The number of primary amides is 1. The van der Waals surface area contributed by atoms with Crippen LogP contribution in [0.2, 0.25) is 0 Å². The standard InChI is InChI=1S/C8H13N5OS/c9-6(14)5-2-1-3-13(4-5)8-11-7(10)12-15-8/h5H,1-4H2,(H2,9,14)(H2,10,12). The molecule has 1 saturated heterocycles. The van der Waals surface area contributed by atoms with Crippen molar-refractivity contribution in [3.8, 4) is 0 Å². The van der Waals surface area contributed by atoms with E-state index >= 15 is 0 Å². The van der Waals surface area contributed by atoms with E-state index in [4.69, 9.17) is 11.5 Å². The molecule has 1 unspecified atom stereocenters. The van der Waals surface area contributed by atoms with Gasteiger partial charge in [-0.05, 0) is 12.8 Å². The Kier molecular flexibility index (Phi) is 2.72. The number of hydrogen-bond acceptors (Lipinski definition) is 6. The molecule has 1 amide bonds. The van der Waals surface area contributed by atoms with Gasteiger partial charge in [0.15, 0.2) is 0 Å². The number of piperidine rings is 1. The Bertz CT molecular complexity index is 366. The molecule has 82 valence electrons. The van der Waals surface area contributed by atoms with Gasteiger partial charge in [-0.1, -0.05) is 0 Å². The van der Waals surface area contributed by atoms with Crippen LogP contribution in [-0.2, 0) is 4.79 Å². The molecule has 1 aliphatic heterocycles. The Morgan fingerprint density at radius 2 is 2.40 bits per heavy atom. The Morgan fingerprint density at radius 3 is 3.00 bits per heavy atom. The van der Waals surface area contributed by atoms with Gasteiger partial charge in [-0.15, -0.1) is 0 Å². The first-order valence-corrected chi connectivity index (χ1v) is 5.57. The minimum absolute atomic E-state index is 0.0797. The average molecular weight is 227 g/mol. The molecule has 1 aromatic rings. The lowest BCUT2D eigenvalue weighted by Gasteiger charge is -2.30. The largest absolute Gasteiger partial charge is 0.369 e. The Morgan fingerprint density at radius 1 is 1.60 bits per heavy atom. The summed E-state index contributed by atoms with van der Waals surface area (Å²) in [6.07, 6.45) is 1.81. The molecular formula is C8H13N5OS. The lowest BCUT2D eigenvalue weighted by atomic mass is 9.98. The quantitative estimate of drug-likeness (QED) is 0.730. The molecule has 1 aromatic heterocycles. The molecular weight excluding hydrogens is 214 g/mol. The highest BCUT2D eigenvalue weighted by Gasteiger charge is 2.25. The van der Waals surface area contributed by atoms with E-state index in [1.807, 2.05) is 4.90 Å². The van der Waals surface area contributed by atoms with E-state index in [9.17, 15) is 4.79 Å². The third-order valence-corrected chi connectivity index (χ3v) is 3.32. The van der Waals surface area contributed by atoms with Gasteiger partial charge in [-0.2, -0.15) is 9.36 Å². The van der Waals surface area contributed by atoms with Crippen molar-refractivity contribution >= 4 is 28.5 Å². The molecule has 0 bridgehead atoms. The predicted molar refractivity (Wildman–Crippen MR) is 58.5 cm³/mol. The summed E-state index contributed by atoms with van der Waals surface area (Å²) in [5.74, 6) is -0.0303. The maximum absolute atomic E-state index is 11.1. The fourth-order valence-corrected chi connectivity index (χ4v) is 2.37. The van der Waals surface area contributed by atoms with Crippen molar-refractivity contribution in [3.63, 3.8) is 0 Å². The first-order chi connectivity index (χ1) is 7.16. The van der Waals surface area contributed by atoms with E-state index in [-0.39, 0.29) is 17.8 Å². The van der Waals surface area contributed by atoms with Gasteiger partial charge in [-0.25, -0.2) is 0 Å². The van der Waals surface area contributed by atoms with E-state index in [0.29, 0.717) is 6.54 Å². The molecule has 1 atom stereocenters. The number of nitrogens with two attached hydrogens (primary N) is 2. The lowest BCUT2D eigenvalue weighted by molar-refractivity contribution is -0.122. The summed E-state index contributed by atoms with van der Waals surface area (Å²) in [5, 5.41) is 0.776. The highest BCUT2D eigenvalue weighted by molar-refractivity contribution is 7.09. The average Bonchev–Trinajstić information content (AvgIpc) is 2.65. The van der Waals surface area contributed by atoms with Gasteiger partial charge in [0.2, 0.25) is 17.0 Å². The van der Waals surface area contributed by atoms with Crippen molar-refractivity contribution in [1.29, 1.82) is 0 Å². The fourth-order valence-electron chi connectivity index (χ4n) is 1.74. The molecule has 1 aliphatic rings. The van der Waals surface area contributed by atoms with Crippen molar-refractivity contribution < 1.29 is 4.79 Å². The third-order valence-electron chi connectivity index (χ3n) is 2.53. The predicted octanol–water partition coefficient (Wildman–Crippen LogP) is -0.178. The van der Waals surface area contributed by atoms with Gasteiger partial charge in [0.1, 0.15) is 0 Å². The number of carbonyl (C=O) groups is 1. The summed E-state index contributed by atoms with van der Waals surface area (Å²) in [7, 11) is 0. The number of hydrogen-bond donors (Lipinski definition) is 2. The molecule has 0 saturated carbocycles. The molecule has 0 radical (unpaired) electrons. The van der Waals surface area contributed by atoms with Crippen LogP contribution in [0, 0.1) is 5.92 Å². The third kappa shape index (κ3) is 2.17. The van der Waals surface area contributed by atoms with Gasteiger partial charge in [0, 0.05) is 24.6 Å². The molecule has 15 heavy (non-hydrogen) atoms. The molecule has 1 fully saturated rings. The van der Waals surface area contributed by atoms with Crippen molar-refractivity contribution in [2.75, 3.05) is 23.7 Å². The summed E-state index contributed by atoms with van der Waals surface area (Å²) < 4.78 is 3.91. The summed E-state index contributed by atoms with van der Waals surface area (Å²) in [6, 6.07) is 0. The number of aromatic nitrogens is 2. The maximum Gasteiger partial charge on any atom is 0.233 e. The van der Waals surface area contributed by atoms with E-state index in [0.717, 1.165) is 24.5 Å². The fraction of sp³-hybridized carbons (Fsp3) is 0.625. The van der Waals surface area contributed by atoms with Crippen molar-refractivity contribution in [2.24, 2.45) is 11.7 Å². The minimum Gasteiger partial charge on any atom is -0.369 e. The SMILES string of the molecule is NC(=O)C1CCCN(c2nc(N)ns2)C1. The number of carbonyl (C=O) groups excluding carboxylic acids is 1. The van der Waals surface area contributed by atoms with Crippen LogP contribution in [0.15, 0.2) is 0 Å². The van der Waals surface area contributed by atoms with E-state index in [1.165, 1.54) is 11.5 Å². The topological polar surface area (TPSA) is 98.1 Å². The van der Waals surface area contributed by atoms with Crippen LogP contribution < -0.4 is 16.4 Å². The van der Waals surface area contributed by atoms with Crippen LogP contribution >= 0.6 is 11.5 Å². The van der Waals surface area contributed by atoms with E-state index in [1.54, 1.807) is 0 Å². The van der Waals surface area contributed by atoms with Gasteiger partial charge < -0.3 is 16.4 Å². The van der Waals surface area contributed by atoms with Crippen LogP contribution in [0.5, 0.6) is 0 Å². The van der Waals surface area contributed by atoms with Gasteiger partial charge in [-0.3, -0.25) is 4.79 Å². The highest BCUT2D eigenvalue weighted by Crippen LogP contribution is 2.24. The Balaban J connectivity index is 2.07. The molecule has 2 heterocycles. The maximum atomic E-state index is 11.1. The summed E-state index contributed by atoms with van der Waals surface area (Å²) >= 11 is 1.26. The number of rotatable bonds is 2. The van der Waals surface area contributed by atoms with Crippen molar-refractivity contribution in [1.82, 2.24) is 9.36 Å². The Labute approximate surface area is 91.4 Å². The van der Waals surface area contributed by atoms with Gasteiger partial charge in [0.05, 0.1) is 5.92 Å². The van der Waals surface area contributed by atoms with Crippen LogP contribution in [0.1, 0.15) is 12.8 Å². The monoisotopic (exact) mass is 227 g/mol. The molecule has 2 rings (SSSR count). The second kappa shape index (κ2) is 4.01. The van der Waals surface area contributed by atoms with Crippen LogP contribution in [0.25, 0.3) is 0 Å². The number of nitrogens with zero attached hydrogens (tertiary/aromatic N) is 3. The molecule has 7 heteroatoms. The first kappa shape index (κ1) is 10.2. The van der Waals surface area contributed by atoms with E-state index < -0.39 is 0 Å². The van der Waals surface area contributed by atoms with Crippen molar-refractivity contribution in [3.05, 3.63) is 0 Å². The zero-order valence-corrected chi connectivity index (χ0v) is 9.04. The summed E-state index contributed by atoms with van der Waals surface area (Å²) in [4.78, 5) is 17.2. The number of anilines is 2. The molecule has 6 nitrogen and oxygen atoms in total. The smallest absolute Gasteiger partial charge is 0.233 e. The zero-order valence-electron chi connectivity index (χ0n) is 8.22. The molecule has 4 N–H and O–H groups in total. The zero-order chi connectivity index (χ0) is 10.8. The lowest BCUT2D eigenvalue weighted by Crippen LogP contribution is -2.41. The van der Waals surface area contributed by atoms with E-state index in [2.05, 4.69) is 9.36 Å². The molecule has 0 spiro atoms. The summed E-state index contributed by atoms with van der Waals surface area (Å²) in [6.45, 7) is 1.52. The van der Waals surface area contributed by atoms with Gasteiger partial charge in [0.25, 0.3) is 0 Å². The second-order valence-electron chi connectivity index (χ2n) is 3.62. The van der Waals surface area contributed by atoms with Crippen LogP contribution in [0.3, 0.4) is 0 Å². The first-order valence-electron chi connectivity index (χ1n) is 4.80. The van der Waals surface area contributed by atoms with Crippen molar-refractivity contribution in [2.45, 2.75) is 12.8 Å². The number of nitrogen functional groups attached to an aromatic ring is 1. The highest BCUT2D eigenvalue weighted by atomic mass is 32.1. The normalized spacial score (nSPS) is 21.6. The molecule has 0 aliphatic carbocycles. The number of amides is 1. The van der Waals surface area contributed by atoms with Crippen LogP contribution in [0.4, 0.5) is 11.1 Å². The second-order valence-corrected chi connectivity index (χ2v) is 4.35. The minimum atomic E-state index is -0.239. The van der Waals surface area contributed by atoms with Crippen LogP contribution in [-0.4, -0.2) is 28.4 Å². The van der Waals surface area contributed by atoms with Gasteiger partial charge >= 0.3 is 0 Å². The molecule has 0 aromatic carbocycles. The Hall–Kier alpha value is -1.37. The summed E-state index contributed by atoms with van der Waals surface area (Å²) in [5.41, 5.74) is 10.7.